The van der Waals surface area contributed by atoms with Gasteiger partial charge in [0.2, 0.25) is 0 Å². The third kappa shape index (κ3) is 3.20. The van der Waals surface area contributed by atoms with Crippen molar-refractivity contribution >= 4 is 41.1 Å². The SMILES string of the molecule is COC(=O)CSc1ccc(-n2c(N)c3c(cc2=O)C(=O)NC3=O)cc1[N+](=O)[O-]. The van der Waals surface area contributed by atoms with Gasteiger partial charge < -0.3 is 10.5 Å². The van der Waals surface area contributed by atoms with Crippen molar-refractivity contribution in [2.75, 3.05) is 18.6 Å². The standard InChI is InChI=1S/C16H12N4O7S/c1-27-12(22)6-28-10-3-2-7(4-9(10)20(25)26)19-11(21)5-8-13(14(19)17)16(24)18-15(8)23/h2-5H,6,17H2,1H3,(H,18,23,24). The molecule has 0 aliphatic carbocycles. The van der Waals surface area contributed by atoms with Crippen molar-refractivity contribution in [1.82, 2.24) is 9.88 Å². The quantitative estimate of drug-likeness (QED) is 0.237. The van der Waals surface area contributed by atoms with Crippen LogP contribution in [0, 0.1) is 10.1 Å². The van der Waals surface area contributed by atoms with Crippen molar-refractivity contribution in [2.45, 2.75) is 4.90 Å². The van der Waals surface area contributed by atoms with Crippen LogP contribution in [0.25, 0.3) is 5.69 Å². The molecule has 1 aromatic carbocycles. The number of nitro benzene ring substituents is 1. The average Bonchev–Trinajstić information content (AvgIpc) is 2.93. The Balaban J connectivity index is 2.12. The van der Waals surface area contributed by atoms with E-state index in [0.29, 0.717) is 0 Å². The molecule has 28 heavy (non-hydrogen) atoms. The number of thioether (sulfide) groups is 1. The Morgan fingerprint density at radius 2 is 2.00 bits per heavy atom. The van der Waals surface area contributed by atoms with Crippen molar-refractivity contribution in [3.63, 3.8) is 0 Å². The number of nitrogens with two attached hydrogens (primary N) is 1. The van der Waals surface area contributed by atoms with Crippen molar-refractivity contribution in [3.05, 3.63) is 55.9 Å². The molecule has 0 fully saturated rings. The lowest BCUT2D eigenvalue weighted by molar-refractivity contribution is -0.387. The topological polar surface area (TPSA) is 164 Å². The molecule has 144 valence electrons. The number of carbonyl (C=O) groups excluding carboxylic acids is 3. The van der Waals surface area contributed by atoms with Crippen LogP contribution in [-0.2, 0) is 9.53 Å². The number of imide groups is 1. The second kappa shape index (κ2) is 7.15. The van der Waals surface area contributed by atoms with E-state index >= 15 is 0 Å². The lowest BCUT2D eigenvalue weighted by atomic mass is 10.1. The molecule has 3 rings (SSSR count). The molecule has 0 saturated carbocycles. The van der Waals surface area contributed by atoms with E-state index in [1.54, 1.807) is 0 Å². The number of nitrogens with one attached hydrogen (secondary N) is 1. The number of esters is 1. The number of hydrogen-bond acceptors (Lipinski definition) is 9. The molecule has 0 saturated heterocycles. The van der Waals surface area contributed by atoms with Gasteiger partial charge in [-0.05, 0) is 12.1 Å². The molecule has 2 aromatic rings. The van der Waals surface area contributed by atoms with E-state index in [2.05, 4.69) is 4.74 Å². The molecular formula is C16H12N4O7S. The zero-order valence-electron chi connectivity index (χ0n) is 14.3. The smallest absolute Gasteiger partial charge is 0.315 e. The highest BCUT2D eigenvalue weighted by atomic mass is 32.2. The summed E-state index contributed by atoms with van der Waals surface area (Å²) in [4.78, 5) is 58.2. The number of nitrogens with zero attached hydrogens (tertiary/aromatic N) is 2. The van der Waals surface area contributed by atoms with Crippen LogP contribution in [0.1, 0.15) is 20.7 Å². The van der Waals surface area contributed by atoms with E-state index in [4.69, 9.17) is 5.73 Å². The zero-order valence-corrected chi connectivity index (χ0v) is 15.1. The summed E-state index contributed by atoms with van der Waals surface area (Å²) in [5, 5.41) is 13.5. The summed E-state index contributed by atoms with van der Waals surface area (Å²) in [6.07, 6.45) is 0. The van der Waals surface area contributed by atoms with Gasteiger partial charge in [0.15, 0.2) is 0 Å². The lowest BCUT2D eigenvalue weighted by Crippen LogP contribution is -2.24. The Bertz CT molecular complexity index is 1110. The third-order valence-corrected chi connectivity index (χ3v) is 4.96. The Kier molecular flexibility index (Phi) is 4.88. The van der Waals surface area contributed by atoms with E-state index in [9.17, 15) is 29.3 Å². The number of aromatic nitrogens is 1. The molecule has 0 atom stereocenters. The first-order chi connectivity index (χ1) is 13.2. The largest absolute Gasteiger partial charge is 0.468 e. The summed E-state index contributed by atoms with van der Waals surface area (Å²) in [5.41, 5.74) is 4.54. The van der Waals surface area contributed by atoms with Gasteiger partial charge in [0.1, 0.15) is 5.82 Å². The maximum Gasteiger partial charge on any atom is 0.315 e. The molecular weight excluding hydrogens is 392 g/mol. The molecule has 0 unspecified atom stereocenters. The van der Waals surface area contributed by atoms with Crippen LogP contribution in [0.3, 0.4) is 0 Å². The van der Waals surface area contributed by atoms with Crippen LogP contribution in [0.15, 0.2) is 34.0 Å². The molecule has 0 bridgehead atoms. The zero-order chi connectivity index (χ0) is 20.6. The number of fused-ring (bicyclic) bond motifs is 1. The highest BCUT2D eigenvalue weighted by Crippen LogP contribution is 2.32. The molecule has 3 N–H and O–H groups in total. The van der Waals surface area contributed by atoms with Gasteiger partial charge in [0.05, 0.1) is 39.5 Å². The number of pyridine rings is 1. The molecule has 1 aliphatic heterocycles. The van der Waals surface area contributed by atoms with Gasteiger partial charge >= 0.3 is 5.97 Å². The van der Waals surface area contributed by atoms with Gasteiger partial charge in [-0.2, -0.15) is 0 Å². The fraction of sp³-hybridized carbons (Fsp3) is 0.125. The van der Waals surface area contributed by atoms with Crippen LogP contribution in [0.5, 0.6) is 0 Å². The first kappa shape index (κ1) is 19.1. The van der Waals surface area contributed by atoms with E-state index in [1.807, 2.05) is 5.32 Å². The average molecular weight is 404 g/mol. The maximum absolute atomic E-state index is 12.4. The number of hydrogen-bond donors (Lipinski definition) is 2. The van der Waals surface area contributed by atoms with Gasteiger partial charge in [-0.15, -0.1) is 11.8 Å². The van der Waals surface area contributed by atoms with Crippen LogP contribution >= 0.6 is 11.8 Å². The summed E-state index contributed by atoms with van der Waals surface area (Å²) in [5.74, 6) is -2.50. The van der Waals surface area contributed by atoms with Crippen LogP contribution in [0.2, 0.25) is 0 Å². The highest BCUT2D eigenvalue weighted by Gasteiger charge is 2.32. The van der Waals surface area contributed by atoms with Gasteiger partial charge in [-0.1, -0.05) is 0 Å². The summed E-state index contributed by atoms with van der Waals surface area (Å²) in [6, 6.07) is 4.77. The molecule has 1 aliphatic rings. The second-order valence-corrected chi connectivity index (χ2v) is 6.57. The van der Waals surface area contributed by atoms with Crippen molar-refractivity contribution in [1.29, 1.82) is 0 Å². The van der Waals surface area contributed by atoms with Crippen molar-refractivity contribution < 1.29 is 24.0 Å². The predicted octanol–water partition coefficient (Wildman–Crippen LogP) is 0.477. The van der Waals surface area contributed by atoms with Crippen LogP contribution in [0.4, 0.5) is 11.5 Å². The molecule has 12 heteroatoms. The van der Waals surface area contributed by atoms with Crippen LogP contribution < -0.4 is 16.6 Å². The summed E-state index contributed by atoms with van der Waals surface area (Å²) in [7, 11) is 1.20. The predicted molar refractivity (Wildman–Crippen MR) is 97.6 cm³/mol. The molecule has 0 radical (unpaired) electrons. The lowest BCUT2D eigenvalue weighted by Gasteiger charge is -2.12. The van der Waals surface area contributed by atoms with E-state index in [0.717, 1.165) is 28.5 Å². The van der Waals surface area contributed by atoms with E-state index in [-0.39, 0.29) is 39.0 Å². The van der Waals surface area contributed by atoms with E-state index < -0.39 is 28.3 Å². The monoisotopic (exact) mass is 404 g/mol. The van der Waals surface area contributed by atoms with Crippen molar-refractivity contribution in [2.24, 2.45) is 0 Å². The van der Waals surface area contributed by atoms with Crippen LogP contribution in [-0.4, -0.2) is 40.1 Å². The van der Waals surface area contributed by atoms with Gasteiger partial charge in [-0.25, -0.2) is 0 Å². The highest BCUT2D eigenvalue weighted by molar-refractivity contribution is 8.00. The molecule has 2 heterocycles. The normalized spacial score (nSPS) is 12.5. The number of nitro groups is 1. The molecule has 0 spiro atoms. The van der Waals surface area contributed by atoms with Gasteiger partial charge in [0, 0.05) is 12.1 Å². The number of anilines is 1. The first-order valence-corrected chi connectivity index (χ1v) is 8.62. The fourth-order valence-electron chi connectivity index (χ4n) is 2.65. The number of benzene rings is 1. The minimum Gasteiger partial charge on any atom is -0.468 e. The minimum absolute atomic E-state index is 0.0339. The molecule has 11 nitrogen and oxygen atoms in total. The fourth-order valence-corrected chi connectivity index (χ4v) is 3.49. The number of nitrogen functional groups attached to an aromatic ring is 1. The minimum atomic E-state index is -0.758. The van der Waals surface area contributed by atoms with Gasteiger partial charge in [-0.3, -0.25) is 39.2 Å². The van der Waals surface area contributed by atoms with Gasteiger partial charge in [0.25, 0.3) is 23.1 Å². The van der Waals surface area contributed by atoms with Crippen molar-refractivity contribution in [3.8, 4) is 5.69 Å². The molecule has 2 amide bonds. The number of amides is 2. The second-order valence-electron chi connectivity index (χ2n) is 5.55. The Labute approximate surface area is 160 Å². The Morgan fingerprint density at radius 3 is 2.64 bits per heavy atom. The summed E-state index contributed by atoms with van der Waals surface area (Å²) in [6.45, 7) is 0. The first-order valence-electron chi connectivity index (χ1n) is 7.64. The molecule has 1 aromatic heterocycles. The number of rotatable bonds is 5. The maximum atomic E-state index is 12.4. The summed E-state index contributed by atoms with van der Waals surface area (Å²) >= 11 is 0.898. The summed E-state index contributed by atoms with van der Waals surface area (Å²) < 4.78 is 5.40. The third-order valence-electron chi connectivity index (χ3n) is 3.92. The number of carbonyl (C=O) groups is 3. The Hall–Kier alpha value is -3.67. The Morgan fingerprint density at radius 1 is 1.29 bits per heavy atom. The number of methoxy groups -OCH3 is 1. The van der Waals surface area contributed by atoms with E-state index in [1.165, 1.54) is 19.2 Å². The number of ether oxygens (including phenoxy) is 1.